The number of halogens is 1. The van der Waals surface area contributed by atoms with Gasteiger partial charge in [0.1, 0.15) is 0 Å². The number of rotatable bonds is 0. The van der Waals surface area contributed by atoms with E-state index in [1.54, 1.807) is 0 Å². The van der Waals surface area contributed by atoms with Gasteiger partial charge in [-0.1, -0.05) is 5.92 Å². The van der Waals surface area contributed by atoms with E-state index in [0.29, 0.717) is 12.3 Å². The van der Waals surface area contributed by atoms with Crippen LogP contribution in [0, 0.1) is 18.8 Å². The van der Waals surface area contributed by atoms with Gasteiger partial charge in [-0.15, -0.1) is 17.5 Å². The highest BCUT2D eigenvalue weighted by Crippen LogP contribution is 1.69. The lowest BCUT2D eigenvalue weighted by molar-refractivity contribution is 1.48. The van der Waals surface area contributed by atoms with E-state index in [1.165, 1.54) is 0 Å². The molecule has 1 heteroatoms. The zero-order valence-electron chi connectivity index (χ0n) is 3.50. The summed E-state index contributed by atoms with van der Waals surface area (Å²) < 4.78 is 0. The maximum absolute atomic E-state index is 5.18. The molecule has 0 amide bonds. The first-order valence-electron chi connectivity index (χ1n) is 1.72. The fourth-order valence-corrected chi connectivity index (χ4v) is 0.230. The van der Waals surface area contributed by atoms with E-state index < -0.39 is 0 Å². The fourth-order valence-electron chi connectivity index (χ4n) is 0.136. The molecule has 0 atom stereocenters. The van der Waals surface area contributed by atoms with Crippen molar-refractivity contribution in [2.45, 2.75) is 6.42 Å². The molecule has 0 unspecified atom stereocenters. The van der Waals surface area contributed by atoms with Crippen LogP contribution in [0.5, 0.6) is 0 Å². The van der Waals surface area contributed by atoms with Gasteiger partial charge in [0.25, 0.3) is 0 Å². The van der Waals surface area contributed by atoms with Crippen molar-refractivity contribution in [2.75, 3.05) is 5.88 Å². The third kappa shape index (κ3) is 3.85. The lowest BCUT2D eigenvalue weighted by atomic mass is 10.5. The van der Waals surface area contributed by atoms with Crippen LogP contribution >= 0.6 is 11.6 Å². The summed E-state index contributed by atoms with van der Waals surface area (Å²) in [7, 11) is 0. The van der Waals surface area contributed by atoms with Gasteiger partial charge in [-0.25, -0.2) is 0 Å². The van der Waals surface area contributed by atoms with Gasteiger partial charge in [-0.2, -0.15) is 0 Å². The Labute approximate surface area is 43.5 Å². The van der Waals surface area contributed by atoms with E-state index in [9.17, 15) is 0 Å². The van der Waals surface area contributed by atoms with Crippen molar-refractivity contribution in [3.63, 3.8) is 0 Å². The molecule has 0 saturated carbocycles. The molecule has 0 aromatic rings. The summed E-state index contributed by atoms with van der Waals surface area (Å²) in [6, 6.07) is 0. The van der Waals surface area contributed by atoms with Crippen LogP contribution in [-0.4, -0.2) is 5.88 Å². The van der Waals surface area contributed by atoms with E-state index in [0.717, 1.165) is 0 Å². The average molecular weight is 102 g/mol. The smallest absolute Gasteiger partial charge is 0.0835 e. The quantitative estimate of drug-likeness (QED) is 0.320. The normalized spacial score (nSPS) is 6.33. The number of hydrogen-bond acceptors (Lipinski definition) is 0. The van der Waals surface area contributed by atoms with Crippen molar-refractivity contribution in [1.82, 2.24) is 0 Å². The van der Waals surface area contributed by atoms with Crippen molar-refractivity contribution in [2.24, 2.45) is 0 Å². The predicted molar refractivity (Wildman–Crippen MR) is 28.5 cm³/mol. The Balaban J connectivity index is 2.90. The minimum Gasteiger partial charge on any atom is -0.113 e. The molecule has 1 radical (unpaired) electrons. The zero-order valence-corrected chi connectivity index (χ0v) is 4.26. The predicted octanol–water partition coefficient (Wildman–Crippen LogP) is 1.45. The van der Waals surface area contributed by atoms with Crippen LogP contribution in [0.4, 0.5) is 0 Å². The monoisotopic (exact) mass is 101 g/mol. The van der Waals surface area contributed by atoms with Gasteiger partial charge in [0.2, 0.25) is 0 Å². The van der Waals surface area contributed by atoms with Crippen LogP contribution in [0.2, 0.25) is 0 Å². The minimum absolute atomic E-state index is 0.426. The van der Waals surface area contributed by atoms with Crippen LogP contribution in [0.3, 0.4) is 0 Å². The molecule has 33 valence electrons. The van der Waals surface area contributed by atoms with E-state index in [2.05, 4.69) is 18.8 Å². The maximum atomic E-state index is 5.18. The van der Waals surface area contributed by atoms with E-state index in [1.807, 2.05) is 0 Å². The summed E-state index contributed by atoms with van der Waals surface area (Å²) in [6.45, 7) is 3.49. The maximum Gasteiger partial charge on any atom is 0.0835 e. The van der Waals surface area contributed by atoms with Gasteiger partial charge >= 0.3 is 0 Å². The Hall–Kier alpha value is -0.150. The SMILES string of the molecule is [CH2]CC#CCCl. The Morgan fingerprint density at radius 2 is 2.17 bits per heavy atom. The van der Waals surface area contributed by atoms with Crippen molar-refractivity contribution < 1.29 is 0 Å². The fraction of sp³-hybridized carbons (Fsp3) is 0.400. The van der Waals surface area contributed by atoms with E-state index in [4.69, 9.17) is 11.6 Å². The van der Waals surface area contributed by atoms with Crippen molar-refractivity contribution in [3.8, 4) is 11.8 Å². The molecule has 0 N–H and O–H groups in total. The highest BCUT2D eigenvalue weighted by atomic mass is 35.5. The summed E-state index contributed by atoms with van der Waals surface area (Å²) >= 11 is 5.18. The Kier molecular flexibility index (Phi) is 4.73. The summed E-state index contributed by atoms with van der Waals surface area (Å²) in [5.41, 5.74) is 0. The first-order valence-corrected chi connectivity index (χ1v) is 2.26. The summed E-state index contributed by atoms with van der Waals surface area (Å²) in [5, 5.41) is 0. The molecule has 0 nitrogen and oxygen atoms in total. The van der Waals surface area contributed by atoms with Gasteiger partial charge in [-0.05, 0) is 6.92 Å². The summed E-state index contributed by atoms with van der Waals surface area (Å²) in [6.07, 6.45) is 0.659. The largest absolute Gasteiger partial charge is 0.113 e. The molecular weight excluding hydrogens is 95.5 g/mol. The first-order chi connectivity index (χ1) is 2.91. The van der Waals surface area contributed by atoms with Gasteiger partial charge in [0.15, 0.2) is 0 Å². The highest BCUT2D eigenvalue weighted by molar-refractivity contribution is 6.19. The summed E-state index contributed by atoms with van der Waals surface area (Å²) in [4.78, 5) is 0. The average Bonchev–Trinajstić information content (AvgIpc) is 1.61. The van der Waals surface area contributed by atoms with Crippen molar-refractivity contribution in [3.05, 3.63) is 6.92 Å². The first kappa shape index (κ1) is 5.85. The molecule has 0 saturated heterocycles. The van der Waals surface area contributed by atoms with E-state index >= 15 is 0 Å². The molecule has 0 aliphatic heterocycles. The lowest BCUT2D eigenvalue weighted by Gasteiger charge is -1.63. The van der Waals surface area contributed by atoms with Crippen molar-refractivity contribution >= 4 is 11.6 Å². The number of hydrogen-bond donors (Lipinski definition) is 0. The van der Waals surface area contributed by atoms with Gasteiger partial charge in [-0.3, -0.25) is 0 Å². The summed E-state index contributed by atoms with van der Waals surface area (Å²) in [5.74, 6) is 5.78. The van der Waals surface area contributed by atoms with Crippen molar-refractivity contribution in [1.29, 1.82) is 0 Å². The van der Waals surface area contributed by atoms with Crippen LogP contribution in [0.25, 0.3) is 0 Å². The van der Waals surface area contributed by atoms with Crippen LogP contribution in [-0.2, 0) is 0 Å². The second kappa shape index (κ2) is 4.85. The minimum atomic E-state index is 0.426. The van der Waals surface area contributed by atoms with Crippen LogP contribution in [0.1, 0.15) is 6.42 Å². The molecule has 0 spiro atoms. The Morgan fingerprint density at radius 3 is 2.33 bits per heavy atom. The molecule has 0 aliphatic rings. The second-order valence-electron chi connectivity index (χ2n) is 0.737. The van der Waals surface area contributed by atoms with Crippen LogP contribution in [0.15, 0.2) is 0 Å². The molecule has 0 heterocycles. The topological polar surface area (TPSA) is 0 Å². The molecule has 0 rings (SSSR count). The lowest BCUT2D eigenvalue weighted by Crippen LogP contribution is -1.57. The third-order valence-corrected chi connectivity index (χ3v) is 0.450. The highest BCUT2D eigenvalue weighted by Gasteiger charge is 1.58. The standard InChI is InChI=1S/C5H6Cl/c1-2-3-4-5-6/h1-2,5H2. The van der Waals surface area contributed by atoms with Gasteiger partial charge in [0.05, 0.1) is 5.88 Å². The van der Waals surface area contributed by atoms with Gasteiger partial charge < -0.3 is 0 Å². The second-order valence-corrected chi connectivity index (χ2v) is 1.00. The molecule has 0 aliphatic carbocycles. The van der Waals surface area contributed by atoms with Crippen LogP contribution < -0.4 is 0 Å². The number of alkyl halides is 1. The third-order valence-electron chi connectivity index (χ3n) is 0.317. The zero-order chi connectivity index (χ0) is 4.83. The Morgan fingerprint density at radius 1 is 1.50 bits per heavy atom. The Bertz CT molecular complexity index is 57.7. The van der Waals surface area contributed by atoms with Gasteiger partial charge in [0, 0.05) is 6.42 Å². The molecule has 0 aromatic heterocycles. The van der Waals surface area contributed by atoms with E-state index in [-0.39, 0.29) is 0 Å². The molecule has 6 heavy (non-hydrogen) atoms. The molecule has 0 bridgehead atoms. The molecule has 0 aromatic carbocycles. The molecule has 0 fully saturated rings. The molecular formula is C5H6Cl.